The van der Waals surface area contributed by atoms with Gasteiger partial charge < -0.3 is 5.73 Å². The van der Waals surface area contributed by atoms with Gasteiger partial charge in [0.25, 0.3) is 0 Å². The van der Waals surface area contributed by atoms with Gasteiger partial charge in [0.2, 0.25) is 0 Å². The summed E-state index contributed by atoms with van der Waals surface area (Å²) in [6.07, 6.45) is 0.355. The number of nitrogens with two attached hydrogens (primary N) is 1. The maximum absolute atomic E-state index is 12.1. The van der Waals surface area contributed by atoms with E-state index in [-0.39, 0.29) is 5.78 Å². The average molecular weight is 260 g/mol. The number of hydrogen-bond donors (Lipinski definition) is 1. The summed E-state index contributed by atoms with van der Waals surface area (Å²) in [6, 6.07) is 12.9. The summed E-state index contributed by atoms with van der Waals surface area (Å²) in [5.74, 6) is 0.00904. The van der Waals surface area contributed by atoms with Crippen LogP contribution in [0.3, 0.4) is 0 Å². The molecule has 0 aliphatic carbocycles. The highest BCUT2D eigenvalue weighted by molar-refractivity contribution is 6.31. The highest BCUT2D eigenvalue weighted by Crippen LogP contribution is 2.20. The summed E-state index contributed by atoms with van der Waals surface area (Å²) in [5.41, 5.74) is 8.90. The van der Waals surface area contributed by atoms with Gasteiger partial charge in [-0.15, -0.1) is 0 Å². The summed E-state index contributed by atoms with van der Waals surface area (Å²) in [6.45, 7) is 2.00. The number of ketones is 1. The summed E-state index contributed by atoms with van der Waals surface area (Å²) in [7, 11) is 0. The zero-order valence-electron chi connectivity index (χ0n) is 10.1. The number of hydrogen-bond acceptors (Lipinski definition) is 2. The summed E-state index contributed by atoms with van der Waals surface area (Å²) >= 11 is 5.81. The van der Waals surface area contributed by atoms with E-state index in [1.165, 1.54) is 0 Å². The molecule has 3 heteroatoms. The zero-order chi connectivity index (χ0) is 13.1. The Labute approximate surface area is 111 Å². The van der Waals surface area contributed by atoms with Crippen LogP contribution in [0.4, 0.5) is 5.69 Å². The second kappa shape index (κ2) is 5.23. The summed E-state index contributed by atoms with van der Waals surface area (Å²) in [4.78, 5) is 12.1. The first-order valence-electron chi connectivity index (χ1n) is 5.70. The second-order valence-corrected chi connectivity index (χ2v) is 4.76. The van der Waals surface area contributed by atoms with E-state index in [0.717, 1.165) is 11.1 Å². The van der Waals surface area contributed by atoms with Crippen molar-refractivity contribution in [2.24, 2.45) is 0 Å². The van der Waals surface area contributed by atoms with E-state index in [9.17, 15) is 4.79 Å². The number of benzene rings is 2. The molecule has 0 saturated heterocycles. The van der Waals surface area contributed by atoms with Crippen LogP contribution in [0.2, 0.25) is 5.02 Å². The molecule has 2 N–H and O–H groups in total. The summed E-state index contributed by atoms with van der Waals surface area (Å²) < 4.78 is 0. The van der Waals surface area contributed by atoms with Crippen LogP contribution in [-0.4, -0.2) is 5.78 Å². The van der Waals surface area contributed by atoms with E-state index in [4.69, 9.17) is 17.3 Å². The minimum Gasteiger partial charge on any atom is -0.398 e. The van der Waals surface area contributed by atoms with Gasteiger partial charge in [-0.1, -0.05) is 41.4 Å². The van der Waals surface area contributed by atoms with Crippen LogP contribution in [0.1, 0.15) is 21.5 Å². The SMILES string of the molecule is Cc1cccc(CC(=O)c2ccc(Cl)cc2N)c1. The van der Waals surface area contributed by atoms with Gasteiger partial charge in [0.05, 0.1) is 0 Å². The fourth-order valence-electron chi connectivity index (χ4n) is 1.89. The van der Waals surface area contributed by atoms with E-state index in [1.54, 1.807) is 18.2 Å². The lowest BCUT2D eigenvalue weighted by Gasteiger charge is -2.06. The monoisotopic (exact) mass is 259 g/mol. The van der Waals surface area contributed by atoms with Crippen LogP contribution in [0.5, 0.6) is 0 Å². The lowest BCUT2D eigenvalue weighted by atomic mass is 10.0. The Morgan fingerprint density at radius 3 is 2.67 bits per heavy atom. The molecule has 2 aromatic carbocycles. The number of halogens is 1. The van der Waals surface area contributed by atoms with Crippen molar-refractivity contribution in [3.05, 3.63) is 64.2 Å². The molecule has 18 heavy (non-hydrogen) atoms. The molecule has 0 aromatic heterocycles. The second-order valence-electron chi connectivity index (χ2n) is 4.32. The van der Waals surface area contributed by atoms with Crippen LogP contribution in [0.25, 0.3) is 0 Å². The average Bonchev–Trinajstić information content (AvgIpc) is 2.28. The minimum absolute atomic E-state index is 0.00904. The topological polar surface area (TPSA) is 43.1 Å². The van der Waals surface area contributed by atoms with Crippen LogP contribution in [0, 0.1) is 6.92 Å². The highest BCUT2D eigenvalue weighted by atomic mass is 35.5. The predicted octanol–water partition coefficient (Wildman–Crippen LogP) is 3.66. The van der Waals surface area contributed by atoms with E-state index in [1.807, 2.05) is 31.2 Å². The minimum atomic E-state index is 0.00904. The predicted molar refractivity (Wildman–Crippen MR) is 75.1 cm³/mol. The smallest absolute Gasteiger partial charge is 0.169 e. The Morgan fingerprint density at radius 2 is 2.00 bits per heavy atom. The van der Waals surface area contributed by atoms with Crippen LogP contribution in [-0.2, 0) is 6.42 Å². The number of rotatable bonds is 3. The van der Waals surface area contributed by atoms with Crippen molar-refractivity contribution >= 4 is 23.1 Å². The molecular weight excluding hydrogens is 246 g/mol. The van der Waals surface area contributed by atoms with E-state index in [0.29, 0.717) is 22.7 Å². The Morgan fingerprint density at radius 1 is 1.22 bits per heavy atom. The van der Waals surface area contributed by atoms with Gasteiger partial charge in [0, 0.05) is 22.7 Å². The lowest BCUT2D eigenvalue weighted by molar-refractivity contribution is 0.0994. The first kappa shape index (κ1) is 12.7. The number of carbonyl (C=O) groups excluding carboxylic acids is 1. The standard InChI is InChI=1S/C15H14ClNO/c1-10-3-2-4-11(7-10)8-15(18)13-6-5-12(16)9-14(13)17/h2-7,9H,8,17H2,1H3. The molecule has 0 heterocycles. The summed E-state index contributed by atoms with van der Waals surface area (Å²) in [5, 5.41) is 0.541. The molecule has 0 amide bonds. The molecular formula is C15H14ClNO. The van der Waals surface area contributed by atoms with Crippen molar-refractivity contribution in [1.29, 1.82) is 0 Å². The van der Waals surface area contributed by atoms with Crippen LogP contribution < -0.4 is 5.73 Å². The number of anilines is 1. The van der Waals surface area contributed by atoms with Crippen molar-refractivity contribution in [2.75, 3.05) is 5.73 Å². The Hall–Kier alpha value is -1.80. The van der Waals surface area contributed by atoms with Gasteiger partial charge in [-0.2, -0.15) is 0 Å². The first-order valence-corrected chi connectivity index (χ1v) is 6.08. The Balaban J connectivity index is 2.22. The van der Waals surface area contributed by atoms with Crippen molar-refractivity contribution in [3.63, 3.8) is 0 Å². The van der Waals surface area contributed by atoms with Crippen molar-refractivity contribution in [3.8, 4) is 0 Å². The normalized spacial score (nSPS) is 10.3. The molecule has 0 radical (unpaired) electrons. The Bertz CT molecular complexity index is 593. The van der Waals surface area contributed by atoms with E-state index >= 15 is 0 Å². The first-order chi connectivity index (χ1) is 8.56. The van der Waals surface area contributed by atoms with Gasteiger partial charge in [0.15, 0.2) is 5.78 Å². The molecule has 2 aromatic rings. The molecule has 2 nitrogen and oxygen atoms in total. The molecule has 0 fully saturated rings. The van der Waals surface area contributed by atoms with Crippen molar-refractivity contribution < 1.29 is 4.79 Å². The molecule has 2 rings (SSSR count). The number of Topliss-reactive ketones (excluding diaryl/α,β-unsaturated/α-hetero) is 1. The van der Waals surface area contributed by atoms with Crippen molar-refractivity contribution in [2.45, 2.75) is 13.3 Å². The lowest BCUT2D eigenvalue weighted by Crippen LogP contribution is -2.07. The third kappa shape index (κ3) is 2.90. The Kier molecular flexibility index (Phi) is 3.68. The quantitative estimate of drug-likeness (QED) is 0.675. The van der Waals surface area contributed by atoms with Gasteiger partial charge in [0.1, 0.15) is 0 Å². The highest BCUT2D eigenvalue weighted by Gasteiger charge is 2.10. The molecule has 0 atom stereocenters. The van der Waals surface area contributed by atoms with Gasteiger partial charge in [-0.25, -0.2) is 0 Å². The van der Waals surface area contributed by atoms with Gasteiger partial charge >= 0.3 is 0 Å². The largest absolute Gasteiger partial charge is 0.398 e. The van der Waals surface area contributed by atoms with Gasteiger partial charge in [-0.05, 0) is 30.7 Å². The number of aryl methyl sites for hydroxylation is 1. The zero-order valence-corrected chi connectivity index (χ0v) is 10.9. The molecule has 92 valence electrons. The van der Waals surface area contributed by atoms with Gasteiger partial charge in [-0.3, -0.25) is 4.79 Å². The van der Waals surface area contributed by atoms with Crippen LogP contribution >= 0.6 is 11.6 Å². The molecule has 0 spiro atoms. The molecule has 0 aliphatic rings. The molecule has 0 unspecified atom stereocenters. The number of nitrogen functional groups attached to an aromatic ring is 1. The molecule has 0 bridgehead atoms. The van der Waals surface area contributed by atoms with Crippen LogP contribution in [0.15, 0.2) is 42.5 Å². The third-order valence-electron chi connectivity index (χ3n) is 2.76. The molecule has 0 aliphatic heterocycles. The number of carbonyl (C=O) groups is 1. The van der Waals surface area contributed by atoms with E-state index < -0.39 is 0 Å². The third-order valence-corrected chi connectivity index (χ3v) is 3.00. The van der Waals surface area contributed by atoms with Crippen molar-refractivity contribution in [1.82, 2.24) is 0 Å². The maximum atomic E-state index is 12.1. The molecule has 0 saturated carbocycles. The maximum Gasteiger partial charge on any atom is 0.169 e. The fraction of sp³-hybridized carbons (Fsp3) is 0.133. The van der Waals surface area contributed by atoms with E-state index in [2.05, 4.69) is 0 Å². The fourth-order valence-corrected chi connectivity index (χ4v) is 2.07.